The molecule has 0 atom stereocenters. The first-order chi connectivity index (χ1) is 8.31. The van der Waals surface area contributed by atoms with Crippen LogP contribution >= 0.6 is 15.9 Å². The molecule has 2 aromatic rings. The zero-order valence-corrected chi connectivity index (χ0v) is 11.3. The number of hydrogen-bond acceptors (Lipinski definition) is 2. The second kappa shape index (κ2) is 4.75. The van der Waals surface area contributed by atoms with Gasteiger partial charge in [-0.1, -0.05) is 22.0 Å². The van der Waals surface area contributed by atoms with Gasteiger partial charge in [-0.2, -0.15) is 0 Å². The van der Waals surface area contributed by atoms with Gasteiger partial charge in [0.2, 0.25) is 0 Å². The summed E-state index contributed by atoms with van der Waals surface area (Å²) in [7, 11) is 0. The van der Waals surface area contributed by atoms with Crippen molar-refractivity contribution in [3.05, 3.63) is 40.5 Å². The van der Waals surface area contributed by atoms with Crippen LogP contribution in [0.15, 0.2) is 34.8 Å². The first-order valence-electron chi connectivity index (χ1n) is 6.09. The standard InChI is InChI=1S/C14H15BrN2/c15-12-4-6-14-11(9-12)3-5-13(16-14)10-17-7-1-2-8-17/h3-6,9H,1-2,7-8,10H2. The van der Waals surface area contributed by atoms with Gasteiger partial charge in [0, 0.05) is 16.4 Å². The van der Waals surface area contributed by atoms with Gasteiger partial charge < -0.3 is 0 Å². The van der Waals surface area contributed by atoms with Crippen molar-refractivity contribution in [3.63, 3.8) is 0 Å². The lowest BCUT2D eigenvalue weighted by Crippen LogP contribution is -2.18. The van der Waals surface area contributed by atoms with Gasteiger partial charge in [0.15, 0.2) is 0 Å². The number of fused-ring (bicyclic) bond motifs is 1. The molecule has 0 aliphatic carbocycles. The highest BCUT2D eigenvalue weighted by molar-refractivity contribution is 9.10. The number of halogens is 1. The molecule has 1 aromatic heterocycles. The lowest BCUT2D eigenvalue weighted by atomic mass is 10.2. The predicted molar refractivity (Wildman–Crippen MR) is 74.0 cm³/mol. The van der Waals surface area contributed by atoms with E-state index in [4.69, 9.17) is 4.98 Å². The summed E-state index contributed by atoms with van der Waals surface area (Å²) in [6.45, 7) is 3.44. The molecular weight excluding hydrogens is 276 g/mol. The fraction of sp³-hybridized carbons (Fsp3) is 0.357. The number of rotatable bonds is 2. The van der Waals surface area contributed by atoms with Crippen molar-refractivity contribution < 1.29 is 0 Å². The van der Waals surface area contributed by atoms with E-state index in [0.717, 1.165) is 16.5 Å². The zero-order valence-electron chi connectivity index (χ0n) is 9.69. The molecule has 0 bridgehead atoms. The maximum atomic E-state index is 4.72. The summed E-state index contributed by atoms with van der Waals surface area (Å²) >= 11 is 3.49. The van der Waals surface area contributed by atoms with E-state index in [0.29, 0.717) is 0 Å². The number of pyridine rings is 1. The Labute approximate surface area is 110 Å². The molecule has 1 aromatic carbocycles. The van der Waals surface area contributed by atoms with Gasteiger partial charge in [-0.05, 0) is 50.2 Å². The molecule has 3 heteroatoms. The van der Waals surface area contributed by atoms with Crippen LogP contribution in [0.2, 0.25) is 0 Å². The number of hydrogen-bond donors (Lipinski definition) is 0. The van der Waals surface area contributed by atoms with E-state index < -0.39 is 0 Å². The second-order valence-electron chi connectivity index (χ2n) is 4.62. The quantitative estimate of drug-likeness (QED) is 0.840. The molecule has 88 valence electrons. The average Bonchev–Trinajstić information content (AvgIpc) is 2.82. The minimum Gasteiger partial charge on any atom is -0.298 e. The Kier molecular flexibility index (Phi) is 3.12. The molecule has 1 fully saturated rings. The Hall–Kier alpha value is -0.930. The van der Waals surface area contributed by atoms with Crippen molar-refractivity contribution in [1.29, 1.82) is 0 Å². The Morgan fingerprint density at radius 3 is 2.76 bits per heavy atom. The fourth-order valence-corrected chi connectivity index (χ4v) is 2.78. The molecule has 3 rings (SSSR count). The topological polar surface area (TPSA) is 16.1 Å². The van der Waals surface area contributed by atoms with Crippen molar-refractivity contribution in [1.82, 2.24) is 9.88 Å². The molecule has 2 nitrogen and oxygen atoms in total. The molecule has 0 unspecified atom stereocenters. The van der Waals surface area contributed by atoms with Gasteiger partial charge in [-0.3, -0.25) is 9.88 Å². The number of benzene rings is 1. The summed E-state index contributed by atoms with van der Waals surface area (Å²) < 4.78 is 1.11. The summed E-state index contributed by atoms with van der Waals surface area (Å²) in [4.78, 5) is 7.20. The minimum atomic E-state index is 0.992. The predicted octanol–water partition coefficient (Wildman–Crippen LogP) is 3.59. The molecule has 0 radical (unpaired) electrons. The van der Waals surface area contributed by atoms with Crippen molar-refractivity contribution in [2.75, 3.05) is 13.1 Å². The maximum Gasteiger partial charge on any atom is 0.0706 e. The van der Waals surface area contributed by atoms with E-state index in [1.54, 1.807) is 0 Å². The molecule has 0 N–H and O–H groups in total. The largest absolute Gasteiger partial charge is 0.298 e. The Morgan fingerprint density at radius 1 is 1.12 bits per heavy atom. The van der Waals surface area contributed by atoms with Gasteiger partial charge >= 0.3 is 0 Å². The Balaban J connectivity index is 1.88. The van der Waals surface area contributed by atoms with Crippen molar-refractivity contribution in [2.24, 2.45) is 0 Å². The van der Waals surface area contributed by atoms with Crippen molar-refractivity contribution in [3.8, 4) is 0 Å². The number of aromatic nitrogens is 1. The fourth-order valence-electron chi connectivity index (χ4n) is 2.40. The smallest absolute Gasteiger partial charge is 0.0706 e. The molecule has 0 saturated carbocycles. The average molecular weight is 291 g/mol. The van der Waals surface area contributed by atoms with E-state index in [2.05, 4.69) is 51.2 Å². The molecule has 2 heterocycles. The molecule has 1 aliphatic heterocycles. The molecule has 0 amide bonds. The monoisotopic (exact) mass is 290 g/mol. The van der Waals surface area contributed by atoms with Crippen molar-refractivity contribution >= 4 is 26.8 Å². The number of nitrogens with zero attached hydrogens (tertiary/aromatic N) is 2. The molecule has 17 heavy (non-hydrogen) atoms. The van der Waals surface area contributed by atoms with Crippen LogP contribution in [0.4, 0.5) is 0 Å². The highest BCUT2D eigenvalue weighted by atomic mass is 79.9. The Bertz CT molecular complexity index is 533. The van der Waals surface area contributed by atoms with Crippen LogP contribution in [0.5, 0.6) is 0 Å². The van der Waals surface area contributed by atoms with Gasteiger partial charge in [-0.15, -0.1) is 0 Å². The lowest BCUT2D eigenvalue weighted by molar-refractivity contribution is 0.327. The third-order valence-corrected chi connectivity index (χ3v) is 3.79. The van der Waals surface area contributed by atoms with Crippen LogP contribution in [0.1, 0.15) is 18.5 Å². The first-order valence-corrected chi connectivity index (χ1v) is 6.88. The van der Waals surface area contributed by atoms with Crippen LogP contribution in [0, 0.1) is 0 Å². The zero-order chi connectivity index (χ0) is 11.7. The van der Waals surface area contributed by atoms with E-state index in [1.807, 2.05) is 0 Å². The summed E-state index contributed by atoms with van der Waals surface area (Å²) in [6.07, 6.45) is 2.67. The lowest BCUT2D eigenvalue weighted by Gasteiger charge is -2.14. The van der Waals surface area contributed by atoms with Crippen LogP contribution in [-0.2, 0) is 6.54 Å². The summed E-state index contributed by atoms with van der Waals surface area (Å²) in [5.74, 6) is 0. The summed E-state index contributed by atoms with van der Waals surface area (Å²) in [6, 6.07) is 10.6. The van der Waals surface area contributed by atoms with Gasteiger partial charge in [0.05, 0.1) is 11.2 Å². The van der Waals surface area contributed by atoms with Gasteiger partial charge in [-0.25, -0.2) is 0 Å². The van der Waals surface area contributed by atoms with Gasteiger partial charge in [0.1, 0.15) is 0 Å². The SMILES string of the molecule is Brc1ccc2nc(CN3CCCC3)ccc2c1. The molecule has 1 aliphatic rings. The van der Waals surface area contributed by atoms with Gasteiger partial charge in [0.25, 0.3) is 0 Å². The number of likely N-dealkylation sites (tertiary alicyclic amines) is 1. The van der Waals surface area contributed by atoms with E-state index in [9.17, 15) is 0 Å². The second-order valence-corrected chi connectivity index (χ2v) is 5.54. The van der Waals surface area contributed by atoms with Crippen LogP contribution in [0.25, 0.3) is 10.9 Å². The molecule has 1 saturated heterocycles. The highest BCUT2D eigenvalue weighted by Crippen LogP contribution is 2.19. The van der Waals surface area contributed by atoms with E-state index in [1.165, 1.54) is 37.0 Å². The first kappa shape index (κ1) is 11.2. The Morgan fingerprint density at radius 2 is 1.94 bits per heavy atom. The highest BCUT2D eigenvalue weighted by Gasteiger charge is 2.12. The normalized spacial score (nSPS) is 16.8. The van der Waals surface area contributed by atoms with Crippen LogP contribution in [-0.4, -0.2) is 23.0 Å². The molecular formula is C14H15BrN2. The van der Waals surface area contributed by atoms with E-state index >= 15 is 0 Å². The molecule has 0 spiro atoms. The maximum absolute atomic E-state index is 4.72. The van der Waals surface area contributed by atoms with Crippen molar-refractivity contribution in [2.45, 2.75) is 19.4 Å². The van der Waals surface area contributed by atoms with E-state index in [-0.39, 0.29) is 0 Å². The third kappa shape index (κ3) is 2.50. The van der Waals surface area contributed by atoms with Crippen LogP contribution < -0.4 is 0 Å². The minimum absolute atomic E-state index is 0.992. The third-order valence-electron chi connectivity index (χ3n) is 3.29. The van der Waals surface area contributed by atoms with Crippen LogP contribution in [0.3, 0.4) is 0 Å². The summed E-state index contributed by atoms with van der Waals surface area (Å²) in [5.41, 5.74) is 2.27. The summed E-state index contributed by atoms with van der Waals surface area (Å²) in [5, 5.41) is 1.20.